The quantitative estimate of drug-likeness (QED) is 0.666. The van der Waals surface area contributed by atoms with Crippen molar-refractivity contribution < 1.29 is 9.53 Å². The number of hydrogen-bond acceptors (Lipinski definition) is 2. The van der Waals surface area contributed by atoms with E-state index in [0.29, 0.717) is 5.92 Å². The van der Waals surface area contributed by atoms with Crippen LogP contribution in [0.3, 0.4) is 0 Å². The number of amides is 1. The van der Waals surface area contributed by atoms with Crippen LogP contribution in [0.5, 0.6) is 0 Å². The molecule has 0 aromatic rings. The molecule has 14 heavy (non-hydrogen) atoms. The van der Waals surface area contributed by atoms with Crippen LogP contribution in [0.1, 0.15) is 27.2 Å². The second-order valence-electron chi connectivity index (χ2n) is 4.82. The molecule has 1 unspecified atom stereocenters. The van der Waals surface area contributed by atoms with Gasteiger partial charge in [0.15, 0.2) is 0 Å². The number of carbonyl (C=O) groups excluding carboxylic acids is 1. The van der Waals surface area contributed by atoms with Crippen LogP contribution in [0.25, 0.3) is 0 Å². The van der Waals surface area contributed by atoms with Crippen molar-refractivity contribution in [1.82, 2.24) is 4.90 Å². The zero-order valence-corrected chi connectivity index (χ0v) is 11.7. The summed E-state index contributed by atoms with van der Waals surface area (Å²) in [6.45, 7) is 7.46. The Hall–Kier alpha value is -0.172. The third-order valence-electron chi connectivity index (χ3n) is 2.27. The first kappa shape index (κ1) is 11.9. The molecule has 1 fully saturated rings. The molecule has 4 heteroatoms. The standard InChI is InChI=1S/C10H20AsNO2/c1-10(2,3)14-9(13)12-5-4-8(6-11)7-12/h8H,4-7,11H2,1-3H3/t8-/m0/s1. The van der Waals surface area contributed by atoms with Crippen LogP contribution in [-0.2, 0) is 4.74 Å². The van der Waals surface area contributed by atoms with E-state index in [1.54, 1.807) is 16.9 Å². The van der Waals surface area contributed by atoms with E-state index in [-0.39, 0.29) is 11.7 Å². The summed E-state index contributed by atoms with van der Waals surface area (Å²) in [5, 5.41) is 1.21. The van der Waals surface area contributed by atoms with E-state index in [4.69, 9.17) is 4.74 Å². The second-order valence-corrected chi connectivity index (χ2v) is 5.81. The molecule has 1 amide bonds. The Morgan fingerprint density at radius 2 is 2.21 bits per heavy atom. The van der Waals surface area contributed by atoms with Gasteiger partial charge in [-0.25, -0.2) is 0 Å². The van der Waals surface area contributed by atoms with E-state index in [2.05, 4.69) is 0 Å². The van der Waals surface area contributed by atoms with Gasteiger partial charge in [0, 0.05) is 0 Å². The molecule has 2 atom stereocenters. The Labute approximate surface area is 94.7 Å². The summed E-state index contributed by atoms with van der Waals surface area (Å²) in [6.07, 6.45) is 0.985. The molecule has 1 aliphatic heterocycles. The number of hydrogen-bond donors (Lipinski definition) is 0. The molecule has 82 valence electrons. The number of rotatable bonds is 1. The fourth-order valence-corrected chi connectivity index (χ4v) is 2.32. The van der Waals surface area contributed by atoms with Gasteiger partial charge in [-0.2, -0.15) is 0 Å². The molecule has 0 aliphatic carbocycles. The summed E-state index contributed by atoms with van der Waals surface area (Å²) in [6, 6.07) is 0. The fourth-order valence-electron chi connectivity index (χ4n) is 1.52. The van der Waals surface area contributed by atoms with Crippen molar-refractivity contribution in [3.63, 3.8) is 0 Å². The minimum atomic E-state index is -0.370. The molecule has 0 aromatic heterocycles. The van der Waals surface area contributed by atoms with Crippen LogP contribution in [0.15, 0.2) is 0 Å². The van der Waals surface area contributed by atoms with Crippen LogP contribution < -0.4 is 0 Å². The van der Waals surface area contributed by atoms with E-state index in [9.17, 15) is 4.79 Å². The van der Waals surface area contributed by atoms with Gasteiger partial charge in [-0.3, -0.25) is 0 Å². The summed E-state index contributed by atoms with van der Waals surface area (Å²) in [5.74, 6) is 0.697. The first-order valence-corrected chi connectivity index (χ1v) is 6.81. The van der Waals surface area contributed by atoms with Crippen LogP contribution in [0.4, 0.5) is 4.79 Å². The van der Waals surface area contributed by atoms with E-state index in [1.807, 2.05) is 25.7 Å². The van der Waals surface area contributed by atoms with Crippen molar-refractivity contribution in [3.8, 4) is 0 Å². The normalized spacial score (nSPS) is 22.6. The van der Waals surface area contributed by atoms with Gasteiger partial charge in [-0.15, -0.1) is 0 Å². The van der Waals surface area contributed by atoms with E-state index >= 15 is 0 Å². The van der Waals surface area contributed by atoms with Gasteiger partial charge in [0.2, 0.25) is 0 Å². The van der Waals surface area contributed by atoms with Gasteiger partial charge in [-0.05, 0) is 0 Å². The third kappa shape index (κ3) is 3.53. The molecule has 0 radical (unpaired) electrons. The van der Waals surface area contributed by atoms with E-state index < -0.39 is 0 Å². The molecule has 1 saturated heterocycles. The monoisotopic (exact) mass is 261 g/mol. The molecule has 0 saturated carbocycles. The number of ether oxygens (including phenoxy) is 1. The molecule has 0 spiro atoms. The summed E-state index contributed by atoms with van der Waals surface area (Å²) in [7, 11) is 0. The van der Waals surface area contributed by atoms with Gasteiger partial charge >= 0.3 is 94.4 Å². The summed E-state index contributed by atoms with van der Waals surface area (Å²) < 4.78 is 5.31. The van der Waals surface area contributed by atoms with Crippen LogP contribution >= 0.6 is 0 Å². The Kier molecular flexibility index (Phi) is 3.88. The van der Waals surface area contributed by atoms with Gasteiger partial charge in [0.05, 0.1) is 0 Å². The van der Waals surface area contributed by atoms with E-state index in [0.717, 1.165) is 19.5 Å². The Morgan fingerprint density at radius 1 is 1.57 bits per heavy atom. The van der Waals surface area contributed by atoms with Crippen molar-refractivity contribution >= 4 is 22.9 Å². The molecule has 1 rings (SSSR count). The first-order chi connectivity index (χ1) is 6.42. The maximum absolute atomic E-state index is 11.6. The fraction of sp³-hybridized carbons (Fsp3) is 0.900. The average molecular weight is 261 g/mol. The number of nitrogens with zero attached hydrogens (tertiary/aromatic N) is 1. The zero-order chi connectivity index (χ0) is 10.8. The number of likely N-dealkylation sites (tertiary alicyclic amines) is 1. The maximum atomic E-state index is 11.6. The van der Waals surface area contributed by atoms with Crippen LogP contribution in [0.2, 0.25) is 5.21 Å². The zero-order valence-electron chi connectivity index (χ0n) is 9.25. The third-order valence-corrected chi connectivity index (χ3v) is 3.67. The first-order valence-electron chi connectivity index (χ1n) is 5.10. The minimum absolute atomic E-state index is 0.152. The van der Waals surface area contributed by atoms with E-state index in [1.165, 1.54) is 5.21 Å². The van der Waals surface area contributed by atoms with Crippen molar-refractivity contribution in [1.29, 1.82) is 0 Å². The van der Waals surface area contributed by atoms with Gasteiger partial charge in [-0.1, -0.05) is 0 Å². The predicted molar refractivity (Wildman–Crippen MR) is 59.3 cm³/mol. The second kappa shape index (κ2) is 4.57. The van der Waals surface area contributed by atoms with Crippen molar-refractivity contribution in [2.45, 2.75) is 38.0 Å². The Bertz CT molecular complexity index is 213. The van der Waals surface area contributed by atoms with Crippen molar-refractivity contribution in [2.24, 2.45) is 5.92 Å². The Balaban J connectivity index is 2.40. The average Bonchev–Trinajstić information content (AvgIpc) is 2.48. The molecule has 0 bridgehead atoms. The number of carbonyl (C=O) groups is 1. The molecule has 0 N–H and O–H groups in total. The molecular formula is C10H20AsNO2. The predicted octanol–water partition coefficient (Wildman–Crippen LogP) is 1.29. The summed E-state index contributed by atoms with van der Waals surface area (Å²) >= 11 is 1.75. The van der Waals surface area contributed by atoms with Crippen LogP contribution in [-0.4, -0.2) is 46.5 Å². The Morgan fingerprint density at radius 3 is 2.64 bits per heavy atom. The molecule has 1 heterocycles. The molecule has 0 aromatic carbocycles. The summed E-state index contributed by atoms with van der Waals surface area (Å²) in [5.41, 5.74) is -0.370. The van der Waals surface area contributed by atoms with Crippen LogP contribution in [0, 0.1) is 5.92 Å². The topological polar surface area (TPSA) is 29.5 Å². The molecular weight excluding hydrogens is 241 g/mol. The molecule has 3 nitrogen and oxygen atoms in total. The van der Waals surface area contributed by atoms with Crippen molar-refractivity contribution in [3.05, 3.63) is 0 Å². The van der Waals surface area contributed by atoms with Gasteiger partial charge < -0.3 is 0 Å². The molecule has 1 aliphatic rings. The summed E-state index contributed by atoms with van der Waals surface area (Å²) in [4.78, 5) is 13.5. The van der Waals surface area contributed by atoms with Gasteiger partial charge in [0.1, 0.15) is 0 Å². The van der Waals surface area contributed by atoms with Gasteiger partial charge in [0.25, 0.3) is 0 Å². The SMILES string of the molecule is CC(C)(C)OC(=O)N1CC[C@@H](C[AsH2])C1. The van der Waals surface area contributed by atoms with Crippen molar-refractivity contribution in [2.75, 3.05) is 13.1 Å².